The number of hydrogen-bond acceptors (Lipinski definition) is 6. The lowest BCUT2D eigenvalue weighted by atomic mass is 10.2. The van der Waals surface area contributed by atoms with E-state index in [1.54, 1.807) is 7.11 Å². The number of non-ortho nitro benzene ring substituents is 1. The molecule has 2 N–H and O–H groups in total. The van der Waals surface area contributed by atoms with Crippen LogP contribution in [0.25, 0.3) is 11.3 Å². The van der Waals surface area contributed by atoms with Gasteiger partial charge in [-0.25, -0.2) is 9.78 Å². The molecule has 2 amide bonds. The van der Waals surface area contributed by atoms with Gasteiger partial charge in [-0.05, 0) is 36.4 Å². The fourth-order valence-electron chi connectivity index (χ4n) is 2.44. The van der Waals surface area contributed by atoms with Gasteiger partial charge in [0.25, 0.3) is 5.69 Å². The summed E-state index contributed by atoms with van der Waals surface area (Å²) in [7, 11) is 1.63. The summed E-state index contributed by atoms with van der Waals surface area (Å²) in [6.45, 7) is 0.425. The smallest absolute Gasteiger partial charge is 0.319 e. The molecule has 9 heteroatoms. The number of ether oxygens (including phenoxy) is 1. The Hall–Kier alpha value is -3.46. The van der Waals surface area contributed by atoms with E-state index in [-0.39, 0.29) is 11.7 Å². The number of amides is 2. The molecule has 0 aliphatic rings. The van der Waals surface area contributed by atoms with Crippen molar-refractivity contribution in [3.63, 3.8) is 0 Å². The minimum Gasteiger partial charge on any atom is -0.497 e. The molecule has 0 fully saturated rings. The maximum atomic E-state index is 11.9. The summed E-state index contributed by atoms with van der Waals surface area (Å²) in [5, 5.41) is 18.9. The number of benzene rings is 2. The number of anilines is 1. The van der Waals surface area contributed by atoms with Crippen molar-refractivity contribution < 1.29 is 14.5 Å². The molecule has 0 bridgehead atoms. The average Bonchev–Trinajstić information content (AvgIpc) is 3.17. The Morgan fingerprint density at radius 2 is 1.89 bits per heavy atom. The summed E-state index contributed by atoms with van der Waals surface area (Å²) < 4.78 is 5.15. The van der Waals surface area contributed by atoms with Crippen LogP contribution in [-0.2, 0) is 6.42 Å². The van der Waals surface area contributed by atoms with Crippen LogP contribution in [0.1, 0.15) is 5.01 Å². The van der Waals surface area contributed by atoms with Crippen molar-refractivity contribution in [2.45, 2.75) is 6.42 Å². The van der Waals surface area contributed by atoms with E-state index in [0.717, 1.165) is 22.0 Å². The van der Waals surface area contributed by atoms with Gasteiger partial charge in [0.2, 0.25) is 0 Å². The normalized spacial score (nSPS) is 10.3. The second-order valence-corrected chi connectivity index (χ2v) is 6.73. The zero-order chi connectivity index (χ0) is 19.9. The number of carbonyl (C=O) groups excluding carboxylic acids is 1. The molecule has 1 aromatic heterocycles. The number of nitro groups is 1. The van der Waals surface area contributed by atoms with E-state index in [2.05, 4.69) is 15.6 Å². The molecule has 2 aromatic carbocycles. The van der Waals surface area contributed by atoms with Crippen molar-refractivity contribution in [2.24, 2.45) is 0 Å². The predicted octanol–water partition coefficient (Wildman–Crippen LogP) is 4.09. The number of methoxy groups -OCH3 is 1. The Bertz CT molecular complexity index is 955. The van der Waals surface area contributed by atoms with E-state index in [0.29, 0.717) is 18.7 Å². The van der Waals surface area contributed by atoms with E-state index < -0.39 is 4.92 Å². The third kappa shape index (κ3) is 5.04. The van der Waals surface area contributed by atoms with Crippen LogP contribution in [0, 0.1) is 10.1 Å². The maximum absolute atomic E-state index is 11.9. The topological polar surface area (TPSA) is 106 Å². The van der Waals surface area contributed by atoms with E-state index >= 15 is 0 Å². The van der Waals surface area contributed by atoms with E-state index in [1.165, 1.54) is 35.6 Å². The molecule has 0 aliphatic heterocycles. The van der Waals surface area contributed by atoms with Gasteiger partial charge >= 0.3 is 6.03 Å². The Morgan fingerprint density at radius 3 is 2.54 bits per heavy atom. The van der Waals surface area contributed by atoms with Gasteiger partial charge in [-0.15, -0.1) is 11.3 Å². The number of hydrogen-bond donors (Lipinski definition) is 2. The third-order valence-electron chi connectivity index (χ3n) is 3.90. The van der Waals surface area contributed by atoms with Gasteiger partial charge in [0.1, 0.15) is 5.75 Å². The molecule has 1 heterocycles. The zero-order valence-electron chi connectivity index (χ0n) is 15.0. The van der Waals surface area contributed by atoms with Crippen molar-refractivity contribution in [1.82, 2.24) is 10.3 Å². The van der Waals surface area contributed by atoms with Crippen LogP contribution < -0.4 is 15.4 Å². The van der Waals surface area contributed by atoms with Crippen molar-refractivity contribution >= 4 is 28.7 Å². The monoisotopic (exact) mass is 398 g/mol. The van der Waals surface area contributed by atoms with Crippen molar-refractivity contribution in [1.29, 1.82) is 0 Å². The number of rotatable bonds is 7. The number of thiazole rings is 1. The molecule has 144 valence electrons. The number of nitrogens with one attached hydrogen (secondary N) is 2. The molecule has 3 rings (SSSR count). The first kappa shape index (κ1) is 19.3. The molecule has 0 atom stereocenters. The summed E-state index contributed by atoms with van der Waals surface area (Å²) in [5.41, 5.74) is 2.35. The molecule has 0 aliphatic carbocycles. The second kappa shape index (κ2) is 8.96. The fraction of sp³-hybridized carbons (Fsp3) is 0.158. The first-order valence-corrected chi connectivity index (χ1v) is 9.31. The van der Waals surface area contributed by atoms with Crippen LogP contribution in [0.2, 0.25) is 0 Å². The standard InChI is InChI=1S/C19H18N4O4S/c1-27-16-8-2-13(3-9-16)17-12-28-18(22-17)10-11-20-19(24)21-14-4-6-15(7-5-14)23(25)26/h2-9,12H,10-11H2,1H3,(H2,20,21,24). The number of nitrogens with zero attached hydrogens (tertiary/aromatic N) is 2. The third-order valence-corrected chi connectivity index (χ3v) is 4.81. The van der Waals surface area contributed by atoms with Crippen molar-refractivity contribution in [3.8, 4) is 17.0 Å². The summed E-state index contributed by atoms with van der Waals surface area (Å²) in [4.78, 5) is 26.6. The Kier molecular flexibility index (Phi) is 6.18. The number of nitro benzene ring substituents is 1. The number of carbonyl (C=O) groups is 1. The summed E-state index contributed by atoms with van der Waals surface area (Å²) in [5.74, 6) is 0.794. The van der Waals surface area contributed by atoms with Crippen LogP contribution in [-0.4, -0.2) is 29.6 Å². The van der Waals surface area contributed by atoms with Gasteiger partial charge < -0.3 is 15.4 Å². The molecule has 0 saturated heterocycles. The number of aromatic nitrogens is 1. The highest BCUT2D eigenvalue weighted by atomic mass is 32.1. The Labute approximate surface area is 165 Å². The average molecular weight is 398 g/mol. The second-order valence-electron chi connectivity index (χ2n) is 5.79. The zero-order valence-corrected chi connectivity index (χ0v) is 15.9. The minimum atomic E-state index is -0.488. The molecule has 0 spiro atoms. The molecule has 0 saturated carbocycles. The highest BCUT2D eigenvalue weighted by Crippen LogP contribution is 2.24. The van der Waals surface area contributed by atoms with Gasteiger partial charge in [-0.2, -0.15) is 0 Å². The van der Waals surface area contributed by atoms with Crippen LogP contribution in [0.5, 0.6) is 5.75 Å². The lowest BCUT2D eigenvalue weighted by Crippen LogP contribution is -2.30. The first-order valence-electron chi connectivity index (χ1n) is 8.43. The molecular formula is C19H18N4O4S. The molecule has 28 heavy (non-hydrogen) atoms. The molecule has 3 aromatic rings. The predicted molar refractivity (Wildman–Crippen MR) is 108 cm³/mol. The molecule has 0 unspecified atom stereocenters. The van der Waals surface area contributed by atoms with E-state index in [4.69, 9.17) is 4.74 Å². The summed E-state index contributed by atoms with van der Waals surface area (Å²) >= 11 is 1.54. The minimum absolute atomic E-state index is 0.0256. The van der Waals surface area contributed by atoms with Gasteiger partial charge in [-0.3, -0.25) is 10.1 Å². The highest BCUT2D eigenvalue weighted by molar-refractivity contribution is 7.09. The lowest BCUT2D eigenvalue weighted by Gasteiger charge is -2.06. The van der Waals surface area contributed by atoms with Gasteiger partial charge in [0.15, 0.2) is 0 Å². The van der Waals surface area contributed by atoms with Crippen LogP contribution in [0.3, 0.4) is 0 Å². The van der Waals surface area contributed by atoms with E-state index in [1.807, 2.05) is 29.6 Å². The molecule has 0 radical (unpaired) electrons. The van der Waals surface area contributed by atoms with Gasteiger partial charge in [0.05, 0.1) is 22.7 Å². The summed E-state index contributed by atoms with van der Waals surface area (Å²) in [6, 6.07) is 13.0. The van der Waals surface area contributed by atoms with Gasteiger partial charge in [-0.1, -0.05) is 0 Å². The van der Waals surface area contributed by atoms with Crippen LogP contribution in [0.15, 0.2) is 53.9 Å². The van der Waals surface area contributed by atoms with Gasteiger partial charge in [0, 0.05) is 41.7 Å². The largest absolute Gasteiger partial charge is 0.497 e. The maximum Gasteiger partial charge on any atom is 0.319 e. The fourth-order valence-corrected chi connectivity index (χ4v) is 3.25. The van der Waals surface area contributed by atoms with Crippen molar-refractivity contribution in [2.75, 3.05) is 19.0 Å². The molecular weight excluding hydrogens is 380 g/mol. The lowest BCUT2D eigenvalue weighted by molar-refractivity contribution is -0.384. The first-order chi connectivity index (χ1) is 13.5. The quantitative estimate of drug-likeness (QED) is 0.460. The van der Waals surface area contributed by atoms with Crippen LogP contribution in [0.4, 0.5) is 16.2 Å². The Morgan fingerprint density at radius 1 is 1.18 bits per heavy atom. The summed E-state index contributed by atoms with van der Waals surface area (Å²) in [6.07, 6.45) is 0.606. The van der Waals surface area contributed by atoms with Crippen molar-refractivity contribution in [3.05, 3.63) is 69.0 Å². The van der Waals surface area contributed by atoms with E-state index in [9.17, 15) is 14.9 Å². The van der Waals surface area contributed by atoms with Crippen LogP contribution >= 0.6 is 11.3 Å². The Balaban J connectivity index is 1.47. The molecule has 8 nitrogen and oxygen atoms in total. The number of urea groups is 1. The highest BCUT2D eigenvalue weighted by Gasteiger charge is 2.08. The SMILES string of the molecule is COc1ccc(-c2csc(CCNC(=O)Nc3ccc([N+](=O)[O-])cc3)n2)cc1.